The fourth-order valence-corrected chi connectivity index (χ4v) is 4.07. The van der Waals surface area contributed by atoms with Gasteiger partial charge in [0.2, 0.25) is 0 Å². The molecule has 2 aromatic rings. The third-order valence-corrected chi connectivity index (χ3v) is 5.68. The maximum atomic E-state index is 12.9. The van der Waals surface area contributed by atoms with Crippen molar-refractivity contribution in [2.45, 2.75) is 38.6 Å². The standard InChI is InChI=1S/C20H26N2O4S/c1-13-6-7-14(2)18(10-13)22-27(24,25)19-11-17(9-8-15(19)3)20(23)21-16(4)12-26-5/h6-11,16,22H,12H2,1-5H3,(H,21,23)/t16-/m1/s1. The van der Waals surface area contributed by atoms with Gasteiger partial charge in [-0.15, -0.1) is 0 Å². The molecule has 0 fully saturated rings. The smallest absolute Gasteiger partial charge is 0.262 e. The zero-order chi connectivity index (χ0) is 20.2. The van der Waals surface area contributed by atoms with Crippen LogP contribution in [0, 0.1) is 20.8 Å². The zero-order valence-electron chi connectivity index (χ0n) is 16.3. The Hall–Kier alpha value is -2.38. The first-order valence-electron chi connectivity index (χ1n) is 8.64. The third-order valence-electron chi connectivity index (χ3n) is 4.17. The lowest BCUT2D eigenvalue weighted by molar-refractivity contribution is 0.0905. The number of carbonyl (C=O) groups excluding carboxylic acids is 1. The van der Waals surface area contributed by atoms with Crippen molar-refractivity contribution >= 4 is 21.6 Å². The highest BCUT2D eigenvalue weighted by Gasteiger charge is 2.20. The van der Waals surface area contributed by atoms with E-state index in [1.165, 1.54) is 6.07 Å². The topological polar surface area (TPSA) is 84.5 Å². The summed E-state index contributed by atoms with van der Waals surface area (Å²) in [6.07, 6.45) is 0. The molecule has 6 nitrogen and oxygen atoms in total. The van der Waals surface area contributed by atoms with Gasteiger partial charge in [0.25, 0.3) is 15.9 Å². The lowest BCUT2D eigenvalue weighted by atomic mass is 10.1. The van der Waals surface area contributed by atoms with Crippen molar-refractivity contribution in [2.24, 2.45) is 0 Å². The van der Waals surface area contributed by atoms with E-state index in [-0.39, 0.29) is 22.4 Å². The van der Waals surface area contributed by atoms with Crippen molar-refractivity contribution in [1.29, 1.82) is 0 Å². The van der Waals surface area contributed by atoms with Crippen LogP contribution < -0.4 is 10.0 Å². The van der Waals surface area contributed by atoms with Gasteiger partial charge in [-0.2, -0.15) is 0 Å². The minimum atomic E-state index is -3.83. The Labute approximate surface area is 161 Å². The highest BCUT2D eigenvalue weighted by atomic mass is 32.2. The molecule has 2 rings (SSSR count). The summed E-state index contributed by atoms with van der Waals surface area (Å²) in [6.45, 7) is 7.62. The largest absolute Gasteiger partial charge is 0.383 e. The minimum Gasteiger partial charge on any atom is -0.383 e. The molecule has 0 saturated carbocycles. The van der Waals surface area contributed by atoms with Crippen molar-refractivity contribution in [2.75, 3.05) is 18.4 Å². The molecule has 0 aliphatic heterocycles. The maximum Gasteiger partial charge on any atom is 0.262 e. The average molecular weight is 391 g/mol. The van der Waals surface area contributed by atoms with Crippen molar-refractivity contribution in [3.63, 3.8) is 0 Å². The highest BCUT2D eigenvalue weighted by Crippen LogP contribution is 2.24. The summed E-state index contributed by atoms with van der Waals surface area (Å²) in [4.78, 5) is 12.5. The van der Waals surface area contributed by atoms with Gasteiger partial charge in [0.1, 0.15) is 0 Å². The van der Waals surface area contributed by atoms with Crippen LogP contribution in [0.4, 0.5) is 5.69 Å². The van der Waals surface area contributed by atoms with Crippen molar-refractivity contribution in [1.82, 2.24) is 5.32 Å². The molecule has 146 valence electrons. The molecule has 0 saturated heterocycles. The first kappa shape index (κ1) is 20.9. The van der Waals surface area contributed by atoms with Gasteiger partial charge in [0.15, 0.2) is 0 Å². The molecule has 7 heteroatoms. The van der Waals surface area contributed by atoms with Crippen molar-refractivity contribution < 1.29 is 17.9 Å². The Bertz CT molecular complexity index is 939. The number of anilines is 1. The molecular weight excluding hydrogens is 364 g/mol. The van der Waals surface area contributed by atoms with Crippen LogP contribution in [0.5, 0.6) is 0 Å². The van der Waals surface area contributed by atoms with E-state index in [1.807, 2.05) is 32.9 Å². The number of methoxy groups -OCH3 is 1. The molecule has 0 radical (unpaired) electrons. The number of hydrogen-bond donors (Lipinski definition) is 2. The Morgan fingerprint density at radius 3 is 2.41 bits per heavy atom. The summed E-state index contributed by atoms with van der Waals surface area (Å²) in [5.74, 6) is -0.345. The number of benzene rings is 2. The number of rotatable bonds is 7. The molecule has 0 aromatic heterocycles. The number of ether oxygens (including phenoxy) is 1. The summed E-state index contributed by atoms with van der Waals surface area (Å²) in [5, 5.41) is 2.78. The molecule has 1 atom stereocenters. The Morgan fingerprint density at radius 1 is 1.07 bits per heavy atom. The molecule has 0 spiro atoms. The fraction of sp³-hybridized carbons (Fsp3) is 0.350. The Balaban J connectivity index is 2.33. The molecule has 0 unspecified atom stereocenters. The summed E-state index contributed by atoms with van der Waals surface area (Å²) < 4.78 is 33.5. The molecule has 0 bridgehead atoms. The van der Waals surface area contributed by atoms with Gasteiger partial charge in [-0.3, -0.25) is 9.52 Å². The minimum absolute atomic E-state index is 0.0791. The molecule has 2 N–H and O–H groups in total. The lowest BCUT2D eigenvalue weighted by Gasteiger charge is -2.15. The SMILES string of the molecule is COC[C@@H](C)NC(=O)c1ccc(C)c(S(=O)(=O)Nc2cc(C)ccc2C)c1. The van der Waals surface area contributed by atoms with E-state index in [2.05, 4.69) is 10.0 Å². The molecular formula is C20H26N2O4S. The van der Waals surface area contributed by atoms with Crippen LogP contribution in [-0.4, -0.2) is 34.1 Å². The number of sulfonamides is 1. The van der Waals surface area contributed by atoms with Crippen LogP contribution >= 0.6 is 0 Å². The summed E-state index contributed by atoms with van der Waals surface area (Å²) in [6, 6.07) is 10.0. The van der Waals surface area contributed by atoms with Gasteiger partial charge in [-0.25, -0.2) is 8.42 Å². The van der Waals surface area contributed by atoms with Crippen LogP contribution in [0.2, 0.25) is 0 Å². The van der Waals surface area contributed by atoms with E-state index in [9.17, 15) is 13.2 Å². The number of nitrogens with one attached hydrogen (secondary N) is 2. The zero-order valence-corrected chi connectivity index (χ0v) is 17.1. The first-order chi connectivity index (χ1) is 12.6. The predicted molar refractivity (Wildman–Crippen MR) is 107 cm³/mol. The summed E-state index contributed by atoms with van der Waals surface area (Å²) >= 11 is 0. The molecule has 27 heavy (non-hydrogen) atoms. The summed E-state index contributed by atoms with van der Waals surface area (Å²) in [7, 11) is -2.28. The Morgan fingerprint density at radius 2 is 1.74 bits per heavy atom. The first-order valence-corrected chi connectivity index (χ1v) is 10.1. The average Bonchev–Trinajstić information content (AvgIpc) is 2.58. The van der Waals surface area contributed by atoms with Gasteiger partial charge in [0.05, 0.1) is 17.2 Å². The van der Waals surface area contributed by atoms with Gasteiger partial charge in [-0.05, 0) is 62.6 Å². The van der Waals surface area contributed by atoms with E-state index in [0.717, 1.165) is 11.1 Å². The Kier molecular flexibility index (Phi) is 6.62. The monoisotopic (exact) mass is 390 g/mol. The second kappa shape index (κ2) is 8.54. The van der Waals surface area contributed by atoms with Gasteiger partial charge in [-0.1, -0.05) is 18.2 Å². The van der Waals surface area contributed by atoms with Gasteiger partial charge < -0.3 is 10.1 Å². The summed E-state index contributed by atoms with van der Waals surface area (Å²) in [5.41, 5.74) is 3.15. The van der Waals surface area contributed by atoms with Crippen LogP contribution in [0.3, 0.4) is 0 Å². The molecule has 2 aromatic carbocycles. The molecule has 0 heterocycles. The van der Waals surface area contributed by atoms with Crippen molar-refractivity contribution in [3.8, 4) is 0 Å². The number of hydrogen-bond acceptors (Lipinski definition) is 4. The highest BCUT2D eigenvalue weighted by molar-refractivity contribution is 7.92. The quantitative estimate of drug-likeness (QED) is 0.760. The van der Waals surface area contributed by atoms with E-state index >= 15 is 0 Å². The van der Waals surface area contributed by atoms with Gasteiger partial charge >= 0.3 is 0 Å². The second-order valence-corrected chi connectivity index (χ2v) is 8.38. The molecule has 0 aliphatic rings. The molecule has 1 amide bonds. The van der Waals surface area contributed by atoms with Gasteiger partial charge in [0, 0.05) is 18.7 Å². The predicted octanol–water partition coefficient (Wildman–Crippen LogP) is 3.18. The number of amides is 1. The van der Waals surface area contributed by atoms with E-state index in [1.54, 1.807) is 32.2 Å². The molecule has 0 aliphatic carbocycles. The van der Waals surface area contributed by atoms with Crippen molar-refractivity contribution in [3.05, 3.63) is 58.7 Å². The third kappa shape index (κ3) is 5.30. The normalized spacial score (nSPS) is 12.5. The second-order valence-electron chi connectivity index (χ2n) is 6.73. The van der Waals surface area contributed by atoms with E-state index in [0.29, 0.717) is 17.9 Å². The maximum absolute atomic E-state index is 12.9. The van der Waals surface area contributed by atoms with E-state index in [4.69, 9.17) is 4.74 Å². The van der Waals surface area contributed by atoms with Crippen LogP contribution in [0.15, 0.2) is 41.3 Å². The van der Waals surface area contributed by atoms with Crippen LogP contribution in [0.25, 0.3) is 0 Å². The van der Waals surface area contributed by atoms with Crippen LogP contribution in [-0.2, 0) is 14.8 Å². The lowest BCUT2D eigenvalue weighted by Crippen LogP contribution is -2.35. The van der Waals surface area contributed by atoms with E-state index < -0.39 is 10.0 Å². The number of carbonyl (C=O) groups is 1. The van der Waals surface area contributed by atoms with Crippen LogP contribution in [0.1, 0.15) is 34.0 Å². The number of aryl methyl sites for hydroxylation is 3. The fourth-order valence-electron chi connectivity index (χ4n) is 2.68.